The summed E-state index contributed by atoms with van der Waals surface area (Å²) < 4.78 is 3.95. The number of hydrogen-bond acceptors (Lipinski definition) is 9. The first-order valence-electron chi connectivity index (χ1n) is 4.93. The molecule has 0 bridgehead atoms. The van der Waals surface area contributed by atoms with E-state index in [1.165, 1.54) is 0 Å². The lowest BCUT2D eigenvalue weighted by molar-refractivity contribution is -0.154. The Hall–Kier alpha value is -1.10. The number of hydrogen-bond donors (Lipinski definition) is 6. The molecule has 2 atom stereocenters. The third-order valence-electron chi connectivity index (χ3n) is 1.97. The fourth-order valence-corrected chi connectivity index (χ4v) is 0.893. The Morgan fingerprint density at radius 3 is 2.06 bits per heavy atom. The predicted molar refractivity (Wildman–Crippen MR) is 58.7 cm³/mol. The fraction of sp³-hybridized carbons (Fsp3) is 0.750. The topological polar surface area (TPSA) is 194 Å². The van der Waals surface area contributed by atoms with E-state index < -0.39 is 29.9 Å². The quantitative estimate of drug-likeness (QED) is 0.164. The van der Waals surface area contributed by atoms with Gasteiger partial charge in [-0.3, -0.25) is 22.0 Å². The number of aliphatic hydroxyl groups excluding tert-OH is 1. The van der Waals surface area contributed by atoms with Gasteiger partial charge in [0.15, 0.2) is 6.10 Å². The molecule has 2 unspecified atom stereocenters. The number of ether oxygens (including phenoxy) is 1. The molecule has 17 heavy (non-hydrogen) atoms. The van der Waals surface area contributed by atoms with Gasteiger partial charge in [-0.2, -0.15) is 0 Å². The van der Waals surface area contributed by atoms with E-state index in [0.29, 0.717) is 13.0 Å². The lowest BCUT2D eigenvalue weighted by Crippen LogP contribution is -2.69. The molecule has 1 rings (SSSR count). The molecular formula is C8H19N5O4. The molecule has 1 saturated heterocycles. The second-order valence-corrected chi connectivity index (χ2v) is 3.70. The minimum absolute atomic E-state index is 0.196. The summed E-state index contributed by atoms with van der Waals surface area (Å²) in [5, 5.41) is 8.47. The molecule has 0 saturated carbocycles. The van der Waals surface area contributed by atoms with Gasteiger partial charge in [0.05, 0.1) is 12.5 Å². The van der Waals surface area contributed by atoms with Crippen LogP contribution in [-0.2, 0) is 14.3 Å². The number of carbonyl (C=O) groups is 2. The van der Waals surface area contributed by atoms with Gasteiger partial charge in [-0.05, 0) is 13.0 Å². The molecule has 1 fully saturated rings. The largest absolute Gasteiger partial charge is 0.391 e. The molecule has 1 aliphatic rings. The molecule has 0 radical (unpaired) electrons. The highest BCUT2D eigenvalue weighted by Crippen LogP contribution is 2.05. The average molecular weight is 249 g/mol. The second kappa shape index (κ2) is 6.59. The lowest BCUT2D eigenvalue weighted by atomic mass is 10.1. The van der Waals surface area contributed by atoms with Crippen LogP contribution in [0.3, 0.4) is 0 Å². The molecule has 9 nitrogen and oxygen atoms in total. The summed E-state index contributed by atoms with van der Waals surface area (Å²) in [6, 6.07) is -0.428. The molecule has 9 heteroatoms. The van der Waals surface area contributed by atoms with E-state index in [9.17, 15) is 9.59 Å². The summed E-state index contributed by atoms with van der Waals surface area (Å²) in [5.74, 6) is -2.78. The SMILES string of the molecule is NCCC(N)C(N)(N)N.O=C1CC(O)C(=O)O1. The van der Waals surface area contributed by atoms with E-state index in [-0.39, 0.29) is 6.42 Å². The van der Waals surface area contributed by atoms with Gasteiger partial charge in [0.2, 0.25) is 0 Å². The fourth-order valence-electron chi connectivity index (χ4n) is 0.893. The maximum atomic E-state index is 10.1. The van der Waals surface area contributed by atoms with Crippen molar-refractivity contribution in [2.24, 2.45) is 28.7 Å². The predicted octanol–water partition coefficient (Wildman–Crippen LogP) is -3.99. The number of carbonyl (C=O) groups excluding carboxylic acids is 2. The molecule has 0 spiro atoms. The van der Waals surface area contributed by atoms with Crippen LogP contribution < -0.4 is 28.7 Å². The van der Waals surface area contributed by atoms with Gasteiger partial charge in [-0.1, -0.05) is 0 Å². The first kappa shape index (κ1) is 15.9. The number of nitrogens with two attached hydrogens (primary N) is 5. The number of aliphatic hydroxyl groups is 1. The van der Waals surface area contributed by atoms with Gasteiger partial charge in [-0.15, -0.1) is 0 Å². The summed E-state index contributed by atoms with van der Waals surface area (Å²) in [7, 11) is 0. The molecule has 0 amide bonds. The first-order valence-corrected chi connectivity index (χ1v) is 4.93. The Balaban J connectivity index is 0.000000302. The third-order valence-corrected chi connectivity index (χ3v) is 1.97. The van der Waals surface area contributed by atoms with Crippen molar-refractivity contribution in [1.82, 2.24) is 0 Å². The van der Waals surface area contributed by atoms with E-state index in [2.05, 4.69) is 4.74 Å². The Morgan fingerprint density at radius 1 is 1.41 bits per heavy atom. The van der Waals surface area contributed by atoms with E-state index in [1.807, 2.05) is 0 Å². The highest BCUT2D eigenvalue weighted by atomic mass is 16.6. The minimum Gasteiger partial charge on any atom is -0.391 e. The van der Waals surface area contributed by atoms with Crippen LogP contribution in [0.2, 0.25) is 0 Å². The van der Waals surface area contributed by atoms with Crippen LogP contribution in [-0.4, -0.2) is 41.5 Å². The molecule has 1 aliphatic heterocycles. The van der Waals surface area contributed by atoms with Crippen molar-refractivity contribution in [2.75, 3.05) is 6.54 Å². The lowest BCUT2D eigenvalue weighted by Gasteiger charge is -2.25. The Labute approximate surface area is 98.2 Å². The van der Waals surface area contributed by atoms with E-state index in [4.69, 9.17) is 33.8 Å². The van der Waals surface area contributed by atoms with Crippen LogP contribution in [0.1, 0.15) is 12.8 Å². The molecular weight excluding hydrogens is 230 g/mol. The van der Waals surface area contributed by atoms with Gasteiger partial charge >= 0.3 is 11.9 Å². The van der Waals surface area contributed by atoms with E-state index >= 15 is 0 Å². The van der Waals surface area contributed by atoms with Gasteiger partial charge in [0.25, 0.3) is 0 Å². The van der Waals surface area contributed by atoms with E-state index in [1.54, 1.807) is 0 Å². The molecule has 100 valence electrons. The maximum Gasteiger partial charge on any atom is 0.343 e. The summed E-state index contributed by atoms with van der Waals surface area (Å²) in [6.45, 7) is 0.453. The standard InChI is InChI=1S/C4H15N5.C4H4O4/c5-2-1-3(6)4(7,8)9;5-2-1-3(6)8-4(2)7/h3H,1-2,5-9H2;2,5H,1H2. The van der Waals surface area contributed by atoms with Gasteiger partial charge in [0, 0.05) is 0 Å². The highest BCUT2D eigenvalue weighted by molar-refractivity contribution is 5.95. The summed E-state index contributed by atoms with van der Waals surface area (Å²) in [5.41, 5.74) is 26.3. The highest BCUT2D eigenvalue weighted by Gasteiger charge is 2.30. The third kappa shape index (κ3) is 6.26. The number of cyclic esters (lactones) is 2. The number of rotatable bonds is 3. The molecule has 0 aromatic rings. The molecule has 11 N–H and O–H groups in total. The average Bonchev–Trinajstić information content (AvgIpc) is 2.44. The zero-order valence-electron chi connectivity index (χ0n) is 9.33. The Kier molecular flexibility index (Phi) is 6.16. The smallest absolute Gasteiger partial charge is 0.343 e. The van der Waals surface area contributed by atoms with Gasteiger partial charge in [-0.25, -0.2) is 4.79 Å². The normalized spacial score (nSPS) is 21.6. The Morgan fingerprint density at radius 2 is 1.94 bits per heavy atom. The van der Waals surface area contributed by atoms with Crippen molar-refractivity contribution in [2.45, 2.75) is 30.8 Å². The maximum absolute atomic E-state index is 10.1. The zero-order valence-corrected chi connectivity index (χ0v) is 9.33. The molecule has 0 aliphatic carbocycles. The minimum atomic E-state index is -1.29. The van der Waals surface area contributed by atoms with Crippen LogP contribution in [0.5, 0.6) is 0 Å². The monoisotopic (exact) mass is 249 g/mol. The summed E-state index contributed by atoms with van der Waals surface area (Å²) >= 11 is 0. The first-order chi connectivity index (χ1) is 7.68. The van der Waals surface area contributed by atoms with Crippen LogP contribution in [0, 0.1) is 0 Å². The van der Waals surface area contributed by atoms with Crippen LogP contribution in [0.4, 0.5) is 0 Å². The summed E-state index contributed by atoms with van der Waals surface area (Å²) in [4.78, 5) is 20.2. The zero-order chi connectivity index (χ0) is 13.6. The van der Waals surface area contributed by atoms with Gasteiger partial charge in [0.1, 0.15) is 5.79 Å². The van der Waals surface area contributed by atoms with Crippen molar-refractivity contribution in [3.8, 4) is 0 Å². The number of esters is 2. The van der Waals surface area contributed by atoms with Crippen molar-refractivity contribution < 1.29 is 19.4 Å². The van der Waals surface area contributed by atoms with Crippen LogP contribution in [0.25, 0.3) is 0 Å². The van der Waals surface area contributed by atoms with Gasteiger partial charge < -0.3 is 21.3 Å². The van der Waals surface area contributed by atoms with Crippen molar-refractivity contribution in [3.63, 3.8) is 0 Å². The second-order valence-electron chi connectivity index (χ2n) is 3.70. The van der Waals surface area contributed by atoms with Crippen molar-refractivity contribution in [1.29, 1.82) is 0 Å². The van der Waals surface area contributed by atoms with E-state index in [0.717, 1.165) is 0 Å². The van der Waals surface area contributed by atoms with Crippen molar-refractivity contribution >= 4 is 11.9 Å². The van der Waals surface area contributed by atoms with Crippen molar-refractivity contribution in [3.05, 3.63) is 0 Å². The molecule has 1 heterocycles. The van der Waals surface area contributed by atoms with Crippen LogP contribution in [0.15, 0.2) is 0 Å². The Bertz CT molecular complexity index is 278. The molecule has 0 aromatic carbocycles. The molecule has 0 aromatic heterocycles. The van der Waals surface area contributed by atoms with Crippen LogP contribution >= 0.6 is 0 Å². The summed E-state index contributed by atoms with van der Waals surface area (Å²) in [6.07, 6.45) is -0.870.